The van der Waals surface area contributed by atoms with Crippen LogP contribution < -0.4 is 0 Å². The highest BCUT2D eigenvalue weighted by atomic mass is 16.7. The molecule has 7 atom stereocenters. The number of hydrogen-bond donors (Lipinski definition) is 0. The Morgan fingerprint density at radius 3 is 2.48 bits per heavy atom. The van der Waals surface area contributed by atoms with E-state index >= 15 is 0 Å². The van der Waals surface area contributed by atoms with E-state index in [1.165, 1.54) is 20.8 Å². The Morgan fingerprint density at radius 1 is 1.19 bits per heavy atom. The molecule has 2 aliphatic carbocycles. The van der Waals surface area contributed by atoms with Gasteiger partial charge in [0.15, 0.2) is 5.92 Å². The van der Waals surface area contributed by atoms with E-state index in [1.807, 2.05) is 0 Å². The SMILES string of the molecule is C=C(C)C(=O)OC(C)OC(=O)C(C)C(=O)OC1(C)C2CC3C(=O)OC1C3C2. The summed E-state index contributed by atoms with van der Waals surface area (Å²) in [7, 11) is 0. The fourth-order valence-electron chi connectivity index (χ4n) is 4.30. The van der Waals surface area contributed by atoms with Crippen LogP contribution in [0.3, 0.4) is 0 Å². The predicted molar refractivity (Wildman–Crippen MR) is 89.7 cm³/mol. The molecular weight excluding hydrogens is 356 g/mol. The van der Waals surface area contributed by atoms with E-state index in [4.69, 9.17) is 18.9 Å². The van der Waals surface area contributed by atoms with E-state index < -0.39 is 41.8 Å². The highest BCUT2D eigenvalue weighted by Crippen LogP contribution is 2.60. The summed E-state index contributed by atoms with van der Waals surface area (Å²) in [5.41, 5.74) is -0.768. The lowest BCUT2D eigenvalue weighted by Crippen LogP contribution is -2.49. The number of carbonyl (C=O) groups excluding carboxylic acids is 4. The average molecular weight is 380 g/mol. The molecular formula is C19H24O8. The van der Waals surface area contributed by atoms with Crippen molar-refractivity contribution in [2.75, 3.05) is 0 Å². The number of hydrogen-bond acceptors (Lipinski definition) is 8. The van der Waals surface area contributed by atoms with E-state index in [1.54, 1.807) is 6.92 Å². The lowest BCUT2D eigenvalue weighted by atomic mass is 9.79. The maximum Gasteiger partial charge on any atom is 0.336 e. The van der Waals surface area contributed by atoms with Gasteiger partial charge in [-0.3, -0.25) is 14.4 Å². The molecule has 7 unspecified atom stereocenters. The summed E-state index contributed by atoms with van der Waals surface area (Å²) in [5.74, 6) is -3.75. The van der Waals surface area contributed by atoms with Gasteiger partial charge in [0.2, 0.25) is 6.29 Å². The van der Waals surface area contributed by atoms with Gasteiger partial charge >= 0.3 is 23.9 Å². The summed E-state index contributed by atoms with van der Waals surface area (Å²) in [6, 6.07) is 0. The standard InChI is InChI=1S/C19H24O8/c1-8(2)15(20)24-10(4)25-16(21)9(3)17(22)27-19(5)11-6-12-13(7-11)18(23)26-14(12)19/h9-14H,1,6-7H2,2-5H3. The molecule has 0 N–H and O–H groups in total. The van der Waals surface area contributed by atoms with Gasteiger partial charge in [0, 0.05) is 24.3 Å². The summed E-state index contributed by atoms with van der Waals surface area (Å²) in [6.07, 6.45) is -0.211. The Balaban J connectivity index is 1.58. The monoisotopic (exact) mass is 380 g/mol. The Labute approximate surface area is 157 Å². The molecule has 2 saturated carbocycles. The Bertz CT molecular complexity index is 712. The maximum absolute atomic E-state index is 12.5. The van der Waals surface area contributed by atoms with Crippen molar-refractivity contribution in [2.45, 2.75) is 58.5 Å². The van der Waals surface area contributed by atoms with Crippen LogP contribution in [0.1, 0.15) is 40.5 Å². The number of esters is 4. The minimum atomic E-state index is -1.21. The molecule has 1 aliphatic heterocycles. The van der Waals surface area contributed by atoms with Crippen LogP contribution in [0.5, 0.6) is 0 Å². The van der Waals surface area contributed by atoms with Crippen molar-refractivity contribution in [3.05, 3.63) is 12.2 Å². The molecule has 3 aliphatic rings. The third kappa shape index (κ3) is 3.21. The Morgan fingerprint density at radius 2 is 1.85 bits per heavy atom. The first-order valence-corrected chi connectivity index (χ1v) is 9.05. The topological polar surface area (TPSA) is 105 Å². The van der Waals surface area contributed by atoms with Gasteiger partial charge in [0.05, 0.1) is 5.92 Å². The van der Waals surface area contributed by atoms with Gasteiger partial charge in [-0.25, -0.2) is 4.79 Å². The van der Waals surface area contributed by atoms with Crippen LogP contribution in [-0.4, -0.2) is 41.9 Å². The first-order chi connectivity index (χ1) is 12.5. The maximum atomic E-state index is 12.5. The molecule has 1 heterocycles. The largest absolute Gasteiger partial charge is 0.458 e. The van der Waals surface area contributed by atoms with Crippen molar-refractivity contribution in [1.82, 2.24) is 0 Å². The van der Waals surface area contributed by atoms with Crippen molar-refractivity contribution in [2.24, 2.45) is 23.7 Å². The third-order valence-corrected chi connectivity index (χ3v) is 5.85. The van der Waals surface area contributed by atoms with Crippen LogP contribution in [0, 0.1) is 23.7 Å². The van der Waals surface area contributed by atoms with Gasteiger partial charge in [-0.2, -0.15) is 0 Å². The van der Waals surface area contributed by atoms with Crippen molar-refractivity contribution in [1.29, 1.82) is 0 Å². The van der Waals surface area contributed by atoms with Gasteiger partial charge in [0.25, 0.3) is 0 Å². The number of fused-ring (bicyclic) bond motifs is 1. The zero-order valence-corrected chi connectivity index (χ0v) is 15.9. The van der Waals surface area contributed by atoms with Crippen LogP contribution in [0.2, 0.25) is 0 Å². The van der Waals surface area contributed by atoms with E-state index in [-0.39, 0.29) is 29.3 Å². The molecule has 2 bridgehead atoms. The van der Waals surface area contributed by atoms with Crippen molar-refractivity contribution in [3.63, 3.8) is 0 Å². The number of ether oxygens (including phenoxy) is 4. The van der Waals surface area contributed by atoms with Crippen molar-refractivity contribution < 1.29 is 38.1 Å². The molecule has 0 radical (unpaired) electrons. The fourth-order valence-corrected chi connectivity index (χ4v) is 4.30. The molecule has 3 rings (SSSR count). The number of rotatable bonds is 6. The van der Waals surface area contributed by atoms with Crippen LogP contribution in [0.15, 0.2) is 12.2 Å². The molecule has 0 amide bonds. The zero-order chi connectivity index (χ0) is 20.1. The highest BCUT2D eigenvalue weighted by molar-refractivity contribution is 5.95. The normalized spacial score (nSPS) is 35.2. The second kappa shape index (κ2) is 6.65. The summed E-state index contributed by atoms with van der Waals surface area (Å²) in [5, 5.41) is 0. The summed E-state index contributed by atoms with van der Waals surface area (Å²) < 4.78 is 20.9. The number of carbonyl (C=O) groups is 4. The molecule has 0 spiro atoms. The van der Waals surface area contributed by atoms with Gasteiger partial charge in [-0.1, -0.05) is 6.58 Å². The molecule has 1 saturated heterocycles. The molecule has 148 valence electrons. The Kier molecular flexibility index (Phi) is 4.78. The molecule has 8 heteroatoms. The molecule has 27 heavy (non-hydrogen) atoms. The summed E-state index contributed by atoms with van der Waals surface area (Å²) >= 11 is 0. The third-order valence-electron chi connectivity index (χ3n) is 5.85. The quantitative estimate of drug-likeness (QED) is 0.224. The van der Waals surface area contributed by atoms with E-state index in [2.05, 4.69) is 6.58 Å². The van der Waals surface area contributed by atoms with Crippen molar-refractivity contribution >= 4 is 23.9 Å². The van der Waals surface area contributed by atoms with E-state index in [9.17, 15) is 19.2 Å². The van der Waals surface area contributed by atoms with Crippen molar-refractivity contribution in [3.8, 4) is 0 Å². The minimum absolute atomic E-state index is 0.0339. The zero-order valence-electron chi connectivity index (χ0n) is 15.9. The average Bonchev–Trinajstić information content (AvgIpc) is 3.19. The fraction of sp³-hybridized carbons (Fsp3) is 0.684. The lowest BCUT2D eigenvalue weighted by molar-refractivity contribution is -0.195. The Hall–Kier alpha value is -2.38. The van der Waals surface area contributed by atoms with Crippen LogP contribution in [0.25, 0.3) is 0 Å². The van der Waals surface area contributed by atoms with Gasteiger partial charge in [0.1, 0.15) is 11.7 Å². The van der Waals surface area contributed by atoms with Gasteiger partial charge in [-0.15, -0.1) is 0 Å². The highest BCUT2D eigenvalue weighted by Gasteiger charge is 2.69. The molecule has 0 aromatic carbocycles. The van der Waals surface area contributed by atoms with Crippen LogP contribution in [-0.2, 0) is 38.1 Å². The van der Waals surface area contributed by atoms with E-state index in [0.29, 0.717) is 6.42 Å². The van der Waals surface area contributed by atoms with Crippen LogP contribution >= 0.6 is 0 Å². The summed E-state index contributed by atoms with van der Waals surface area (Å²) in [6.45, 7) is 9.38. The first kappa shape index (κ1) is 19.4. The lowest BCUT2D eigenvalue weighted by Gasteiger charge is -2.36. The molecule has 0 aromatic heterocycles. The second-order valence-corrected chi connectivity index (χ2v) is 7.81. The van der Waals surface area contributed by atoms with Gasteiger partial charge in [-0.05, 0) is 33.6 Å². The smallest absolute Gasteiger partial charge is 0.336 e. The molecule has 0 aromatic rings. The summed E-state index contributed by atoms with van der Waals surface area (Å²) in [4.78, 5) is 48.0. The van der Waals surface area contributed by atoms with Gasteiger partial charge < -0.3 is 18.9 Å². The molecule has 3 fully saturated rings. The first-order valence-electron chi connectivity index (χ1n) is 9.05. The minimum Gasteiger partial charge on any atom is -0.458 e. The van der Waals surface area contributed by atoms with E-state index in [0.717, 1.165) is 6.42 Å². The van der Waals surface area contributed by atoms with Crippen LogP contribution in [0.4, 0.5) is 0 Å². The second-order valence-electron chi connectivity index (χ2n) is 7.81. The molecule has 8 nitrogen and oxygen atoms in total. The predicted octanol–water partition coefficient (Wildman–Crippen LogP) is 1.51.